The molecule has 0 unspecified atom stereocenters. The van der Waals surface area contributed by atoms with Gasteiger partial charge in [0.15, 0.2) is 18.6 Å². The highest BCUT2D eigenvalue weighted by molar-refractivity contribution is 5.68. The van der Waals surface area contributed by atoms with Gasteiger partial charge in [-0.05, 0) is 212 Å². The Hall–Kier alpha value is -4.89. The summed E-state index contributed by atoms with van der Waals surface area (Å²) >= 11 is 0. The van der Waals surface area contributed by atoms with Gasteiger partial charge in [-0.1, -0.05) is 101 Å². The highest BCUT2D eigenvalue weighted by Gasteiger charge is 2.41. The second kappa shape index (κ2) is 18.9. The van der Waals surface area contributed by atoms with Crippen molar-refractivity contribution in [2.24, 2.45) is 21.1 Å². The van der Waals surface area contributed by atoms with Crippen molar-refractivity contribution >= 4 is 0 Å². The predicted molar refractivity (Wildman–Crippen MR) is 303 cm³/mol. The van der Waals surface area contributed by atoms with Gasteiger partial charge in [-0.15, -0.1) is 0 Å². The van der Waals surface area contributed by atoms with E-state index in [0.717, 1.165) is 17.0 Å². The lowest BCUT2D eigenvalue weighted by atomic mass is 9.62. The lowest BCUT2D eigenvalue weighted by Gasteiger charge is -2.42. The molecule has 0 N–H and O–H groups in total. The zero-order valence-corrected chi connectivity index (χ0v) is 48.1. The first-order chi connectivity index (χ1) is 35.1. The molecule has 3 aromatic heterocycles. The monoisotopic (exact) mass is 959 g/mol. The number of rotatable bonds is 3. The lowest BCUT2D eigenvalue weighted by molar-refractivity contribution is -0.660. The zero-order valence-electron chi connectivity index (χ0n) is 54.1. The standard InChI is InChI=1S/2C23H32N.C22H30N/c2*1-15-12-21(24(8)14-17(15)3)18-13-20-19(11-16(18)2)22(4,5)9-10-23(20,6)7;1-15-8-9-20(23(7)14-15)17-13-19-18(12-16(17)2)21(3,4)10-11-22(19,5)6/h2*11-14H,9-10H2,1-8H3;8-9,12-14H,10-11H2,1-7H3/q3*+1/i3D3;;1D3. The molecular weight excluding hydrogens is 859 g/mol. The Morgan fingerprint density at radius 1 is 0.324 bits per heavy atom. The van der Waals surface area contributed by atoms with Crippen LogP contribution < -0.4 is 13.7 Å². The molecule has 6 aromatic rings. The van der Waals surface area contributed by atoms with Crippen molar-refractivity contribution in [3.8, 4) is 33.8 Å². The van der Waals surface area contributed by atoms with Crippen LogP contribution in [0.3, 0.4) is 0 Å². The molecule has 3 heteroatoms. The fourth-order valence-electron chi connectivity index (χ4n) is 12.0. The SMILES string of the molecule is Cc1cc(-c2cc3c(cc2C)C(C)(C)CCC3(C)C)[n+](C)cc1C.[2H]C([2H])([2H])c1c[n+](C)c(-c2cc3c(cc2C)C(C)(C)CCC3(C)C)cc1C.[2H]C([2H])([2H])c1ccc(-c2cc3c(cc2C)C(C)(C)CCC3(C)C)[n+](C)c1. The molecule has 71 heavy (non-hydrogen) atoms. The van der Waals surface area contributed by atoms with E-state index in [1.807, 2.05) is 42.3 Å². The van der Waals surface area contributed by atoms with E-state index in [2.05, 4.69) is 178 Å². The van der Waals surface area contributed by atoms with Crippen molar-refractivity contribution in [1.29, 1.82) is 0 Å². The van der Waals surface area contributed by atoms with Crippen LogP contribution in [0.2, 0.25) is 0 Å². The van der Waals surface area contributed by atoms with E-state index in [-0.39, 0.29) is 32.5 Å². The van der Waals surface area contributed by atoms with Crippen molar-refractivity contribution in [3.05, 3.63) is 157 Å². The summed E-state index contributed by atoms with van der Waals surface area (Å²) in [6, 6.07) is 22.4. The number of pyridine rings is 3. The highest BCUT2D eigenvalue weighted by Crippen LogP contribution is 2.50. The van der Waals surface area contributed by atoms with E-state index in [9.17, 15) is 0 Å². The van der Waals surface area contributed by atoms with Crippen molar-refractivity contribution in [3.63, 3.8) is 0 Å². The average molecular weight is 960 g/mol. The Labute approximate surface area is 441 Å². The Kier molecular flexibility index (Phi) is 12.2. The number of aryl methyl sites for hydroxylation is 11. The van der Waals surface area contributed by atoms with Crippen LogP contribution >= 0.6 is 0 Å². The van der Waals surface area contributed by atoms with Crippen molar-refractivity contribution < 1.29 is 21.9 Å². The zero-order chi connectivity index (χ0) is 57.7. The average Bonchev–Trinajstić information content (AvgIpc) is 3.30. The predicted octanol–water partition coefficient (Wildman–Crippen LogP) is 16.0. The molecule has 3 heterocycles. The van der Waals surface area contributed by atoms with Crippen LogP contribution in [-0.4, -0.2) is 0 Å². The number of nitrogens with zero attached hydrogens (tertiary/aromatic N) is 3. The van der Waals surface area contributed by atoms with Gasteiger partial charge in [-0.3, -0.25) is 0 Å². The van der Waals surface area contributed by atoms with Gasteiger partial charge in [0.2, 0.25) is 17.1 Å². The second-order valence-electron chi connectivity index (χ2n) is 26.4. The van der Waals surface area contributed by atoms with Gasteiger partial charge in [0.25, 0.3) is 0 Å². The van der Waals surface area contributed by atoms with Crippen LogP contribution in [0.15, 0.2) is 79.3 Å². The largest absolute Gasteiger partial charge is 0.212 e. The third kappa shape index (κ3) is 10.5. The molecule has 0 bridgehead atoms. The molecule has 0 atom stereocenters. The van der Waals surface area contributed by atoms with Crippen LogP contribution in [0.1, 0.15) is 208 Å². The molecule has 3 aliphatic carbocycles. The quantitative estimate of drug-likeness (QED) is 0.157. The molecule has 0 saturated heterocycles. The molecule has 0 radical (unpaired) electrons. The van der Waals surface area contributed by atoms with Gasteiger partial charge in [0.1, 0.15) is 21.1 Å². The van der Waals surface area contributed by atoms with Gasteiger partial charge >= 0.3 is 0 Å². The summed E-state index contributed by atoms with van der Waals surface area (Å²) in [6.45, 7) is 37.0. The molecule has 378 valence electrons. The van der Waals surface area contributed by atoms with Gasteiger partial charge in [-0.2, -0.15) is 0 Å². The first kappa shape index (κ1) is 45.9. The van der Waals surface area contributed by atoms with E-state index in [1.54, 1.807) is 24.0 Å². The lowest BCUT2D eigenvalue weighted by Crippen LogP contribution is -2.35. The molecule has 0 saturated carbocycles. The van der Waals surface area contributed by atoms with Crippen molar-refractivity contribution in [2.45, 2.75) is 209 Å². The molecule has 0 aliphatic heterocycles. The molecule has 3 aliphatic rings. The van der Waals surface area contributed by atoms with Gasteiger partial charge < -0.3 is 0 Å². The van der Waals surface area contributed by atoms with Crippen molar-refractivity contribution in [1.82, 2.24) is 0 Å². The van der Waals surface area contributed by atoms with Gasteiger partial charge in [-0.25, -0.2) is 13.7 Å². The van der Waals surface area contributed by atoms with Crippen LogP contribution in [0.25, 0.3) is 33.8 Å². The second-order valence-corrected chi connectivity index (χ2v) is 26.4. The minimum Gasteiger partial charge on any atom is -0.201 e. The molecule has 3 aromatic carbocycles. The maximum atomic E-state index is 7.77. The summed E-state index contributed by atoms with van der Waals surface area (Å²) in [5, 5.41) is 0. The smallest absolute Gasteiger partial charge is 0.201 e. The van der Waals surface area contributed by atoms with Crippen LogP contribution in [0.5, 0.6) is 0 Å². The van der Waals surface area contributed by atoms with Crippen LogP contribution in [0, 0.1) is 55.2 Å². The van der Waals surface area contributed by atoms with Gasteiger partial charge in [0.05, 0.1) is 0 Å². The maximum absolute atomic E-state index is 7.77. The summed E-state index contributed by atoms with van der Waals surface area (Å²) < 4.78 is 52.4. The number of benzene rings is 3. The highest BCUT2D eigenvalue weighted by atomic mass is 14.9. The fraction of sp³-hybridized carbons (Fsp3) is 0.515. The van der Waals surface area contributed by atoms with E-state index in [1.165, 1.54) is 117 Å². The normalized spacial score (nSPS) is 20.0. The minimum absolute atomic E-state index is 0.152. The number of hydrogen-bond acceptors (Lipinski definition) is 0. The summed E-state index contributed by atoms with van der Waals surface area (Å²) in [4.78, 5) is 0. The Morgan fingerprint density at radius 2 is 0.620 bits per heavy atom. The molecule has 0 fully saturated rings. The van der Waals surface area contributed by atoms with Crippen LogP contribution in [0.4, 0.5) is 0 Å². The first-order valence-corrected chi connectivity index (χ1v) is 26.6. The summed E-state index contributed by atoms with van der Waals surface area (Å²) in [6.07, 6.45) is 13.0. The fourth-order valence-corrected chi connectivity index (χ4v) is 12.0. The van der Waals surface area contributed by atoms with Crippen molar-refractivity contribution in [2.75, 3.05) is 0 Å². The topological polar surface area (TPSA) is 11.6 Å². The minimum atomic E-state index is -2.09. The third-order valence-corrected chi connectivity index (χ3v) is 17.8. The Bertz CT molecular complexity index is 3270. The maximum Gasteiger partial charge on any atom is 0.212 e. The van der Waals surface area contributed by atoms with E-state index < -0.39 is 13.7 Å². The summed E-state index contributed by atoms with van der Waals surface area (Å²) in [5.74, 6) is 0. The number of hydrogen-bond donors (Lipinski definition) is 0. The van der Waals surface area contributed by atoms with E-state index >= 15 is 0 Å². The summed E-state index contributed by atoms with van der Waals surface area (Å²) in [7, 11) is 6.03. The van der Waals surface area contributed by atoms with Crippen LogP contribution in [-0.2, 0) is 53.6 Å². The molecule has 0 spiro atoms. The number of aromatic nitrogens is 3. The summed E-state index contributed by atoms with van der Waals surface area (Å²) in [5.41, 5.74) is 25.5. The Balaban J connectivity index is 0.000000168. The number of fused-ring (bicyclic) bond motifs is 3. The third-order valence-electron chi connectivity index (χ3n) is 17.8. The Morgan fingerprint density at radius 3 is 0.944 bits per heavy atom. The molecule has 9 rings (SSSR count). The van der Waals surface area contributed by atoms with Gasteiger partial charge in [0, 0.05) is 59.8 Å². The molecular formula is C68H94N3+3. The van der Waals surface area contributed by atoms with E-state index in [4.69, 9.17) is 8.22 Å². The molecule has 0 amide bonds. The first-order valence-electron chi connectivity index (χ1n) is 29.6. The van der Waals surface area contributed by atoms with E-state index in [0.29, 0.717) is 11.1 Å². The molecule has 3 nitrogen and oxygen atoms in total.